The summed E-state index contributed by atoms with van der Waals surface area (Å²) in [6, 6.07) is 11.7. The Hall–Kier alpha value is -2.21. The maximum Gasteiger partial charge on any atom is 0.263 e. The van der Waals surface area contributed by atoms with Crippen LogP contribution in [0.5, 0.6) is 11.6 Å². The van der Waals surface area contributed by atoms with Gasteiger partial charge >= 0.3 is 0 Å². The van der Waals surface area contributed by atoms with Crippen LogP contribution in [-0.4, -0.2) is 9.97 Å². The largest absolute Gasteiger partial charge is 0.433 e. The third kappa shape index (κ3) is 2.42. The fourth-order valence-electron chi connectivity index (χ4n) is 1.73. The number of hydrogen-bond acceptors (Lipinski definition) is 4. The number of anilines is 1. The van der Waals surface area contributed by atoms with Crippen LogP contribution in [0, 0.1) is 5.82 Å². The number of hydrogen-bond donors (Lipinski definition) is 1. The van der Waals surface area contributed by atoms with Crippen LogP contribution in [0.25, 0.3) is 11.0 Å². The Balaban J connectivity index is 2.03. The summed E-state index contributed by atoms with van der Waals surface area (Å²) in [5.74, 6) is -0.255. The molecule has 0 saturated carbocycles. The zero-order chi connectivity index (χ0) is 14.1. The Morgan fingerprint density at radius 3 is 2.45 bits per heavy atom. The van der Waals surface area contributed by atoms with E-state index in [-0.39, 0.29) is 17.4 Å². The molecule has 0 saturated heterocycles. The lowest BCUT2D eigenvalue weighted by molar-refractivity contribution is 0.429. The molecule has 0 aliphatic rings. The van der Waals surface area contributed by atoms with Crippen LogP contribution in [0.2, 0.25) is 0 Å². The highest BCUT2D eigenvalue weighted by Gasteiger charge is 2.11. The average Bonchev–Trinajstić information content (AvgIpc) is 2.42. The molecule has 0 unspecified atom stereocenters. The molecule has 0 amide bonds. The molecule has 0 aliphatic heterocycles. The average molecular weight is 334 g/mol. The molecular weight excluding hydrogens is 325 g/mol. The number of rotatable bonds is 2. The monoisotopic (exact) mass is 333 g/mol. The Labute approximate surface area is 122 Å². The minimum Gasteiger partial charge on any atom is -0.433 e. The number of para-hydroxylation sites is 2. The summed E-state index contributed by atoms with van der Waals surface area (Å²) in [7, 11) is 0. The van der Waals surface area contributed by atoms with Crippen LogP contribution in [0.4, 0.5) is 10.2 Å². The van der Waals surface area contributed by atoms with Gasteiger partial charge in [-0.15, -0.1) is 0 Å². The number of nitrogen functional groups attached to an aromatic ring is 1. The maximum atomic E-state index is 13.7. The second-order valence-corrected chi connectivity index (χ2v) is 5.00. The van der Waals surface area contributed by atoms with E-state index in [1.54, 1.807) is 18.2 Å². The number of nitrogens with two attached hydrogens (primary N) is 1. The molecule has 6 heteroatoms. The first-order valence-corrected chi connectivity index (χ1v) is 6.58. The smallest absolute Gasteiger partial charge is 0.263 e. The van der Waals surface area contributed by atoms with Gasteiger partial charge in [0.15, 0.2) is 17.4 Å². The molecule has 3 rings (SSSR count). The van der Waals surface area contributed by atoms with E-state index in [0.29, 0.717) is 15.5 Å². The van der Waals surface area contributed by atoms with Crippen molar-refractivity contribution in [2.24, 2.45) is 0 Å². The number of aromatic nitrogens is 2. The van der Waals surface area contributed by atoms with Crippen LogP contribution < -0.4 is 10.5 Å². The minimum absolute atomic E-state index is 0.0458. The van der Waals surface area contributed by atoms with Gasteiger partial charge in [0, 0.05) is 4.47 Å². The van der Waals surface area contributed by atoms with Crippen molar-refractivity contribution in [3.05, 3.63) is 52.8 Å². The minimum atomic E-state index is -0.506. The first-order valence-electron chi connectivity index (χ1n) is 5.78. The molecule has 2 aromatic carbocycles. The number of halogens is 2. The first-order chi connectivity index (χ1) is 9.63. The van der Waals surface area contributed by atoms with Crippen molar-refractivity contribution < 1.29 is 9.13 Å². The predicted molar refractivity (Wildman–Crippen MR) is 78.1 cm³/mol. The van der Waals surface area contributed by atoms with Crippen molar-refractivity contribution in [2.75, 3.05) is 5.73 Å². The summed E-state index contributed by atoms with van der Waals surface area (Å²) in [5, 5.41) is 0. The standard InChI is InChI=1S/C14H9BrFN3O/c15-8-5-6-12(9(16)7-8)20-14-13(17)18-10-3-1-2-4-11(10)19-14/h1-7H,(H2,17,18). The van der Waals surface area contributed by atoms with Gasteiger partial charge in [0.25, 0.3) is 5.88 Å². The van der Waals surface area contributed by atoms with Crippen molar-refractivity contribution in [3.63, 3.8) is 0 Å². The van der Waals surface area contributed by atoms with Crippen LogP contribution >= 0.6 is 15.9 Å². The molecule has 1 aromatic heterocycles. The first kappa shape index (κ1) is 12.8. The Morgan fingerprint density at radius 2 is 1.75 bits per heavy atom. The fraction of sp³-hybridized carbons (Fsp3) is 0. The van der Waals surface area contributed by atoms with Gasteiger partial charge in [0.05, 0.1) is 11.0 Å². The molecule has 0 fully saturated rings. The molecule has 0 aliphatic carbocycles. The van der Waals surface area contributed by atoms with Gasteiger partial charge in [-0.2, -0.15) is 0 Å². The van der Waals surface area contributed by atoms with Crippen LogP contribution in [-0.2, 0) is 0 Å². The van der Waals surface area contributed by atoms with Crippen LogP contribution in [0.15, 0.2) is 46.9 Å². The summed E-state index contributed by atoms with van der Waals surface area (Å²) in [6.07, 6.45) is 0. The fourth-order valence-corrected chi connectivity index (χ4v) is 2.07. The molecule has 20 heavy (non-hydrogen) atoms. The highest BCUT2D eigenvalue weighted by molar-refractivity contribution is 9.10. The van der Waals surface area contributed by atoms with Gasteiger partial charge in [0.2, 0.25) is 0 Å². The molecule has 1 heterocycles. The van der Waals surface area contributed by atoms with Gasteiger partial charge in [-0.25, -0.2) is 14.4 Å². The number of nitrogens with zero attached hydrogens (tertiary/aromatic N) is 2. The summed E-state index contributed by atoms with van der Waals surface area (Å²) in [6.45, 7) is 0. The van der Waals surface area contributed by atoms with Gasteiger partial charge < -0.3 is 10.5 Å². The third-order valence-corrected chi connectivity index (χ3v) is 3.16. The summed E-state index contributed by atoms with van der Waals surface area (Å²) in [4.78, 5) is 8.42. The highest BCUT2D eigenvalue weighted by atomic mass is 79.9. The lowest BCUT2D eigenvalue weighted by Crippen LogP contribution is -2.00. The van der Waals surface area contributed by atoms with E-state index in [0.717, 1.165) is 0 Å². The van der Waals surface area contributed by atoms with Gasteiger partial charge in [-0.05, 0) is 30.3 Å². The quantitative estimate of drug-likeness (QED) is 0.772. The van der Waals surface area contributed by atoms with E-state index in [1.165, 1.54) is 12.1 Å². The Morgan fingerprint density at radius 1 is 1.05 bits per heavy atom. The topological polar surface area (TPSA) is 61.0 Å². The summed E-state index contributed by atoms with van der Waals surface area (Å²) in [5.41, 5.74) is 7.08. The van der Waals surface area contributed by atoms with E-state index >= 15 is 0 Å². The van der Waals surface area contributed by atoms with Gasteiger partial charge in [-0.1, -0.05) is 28.1 Å². The van der Waals surface area contributed by atoms with E-state index in [1.807, 2.05) is 12.1 Å². The van der Waals surface area contributed by atoms with E-state index < -0.39 is 5.82 Å². The number of benzene rings is 2. The van der Waals surface area contributed by atoms with Crippen molar-refractivity contribution in [2.45, 2.75) is 0 Å². The zero-order valence-corrected chi connectivity index (χ0v) is 11.8. The van der Waals surface area contributed by atoms with Crippen molar-refractivity contribution >= 4 is 32.8 Å². The van der Waals surface area contributed by atoms with E-state index in [9.17, 15) is 4.39 Å². The van der Waals surface area contributed by atoms with Crippen LogP contribution in [0.3, 0.4) is 0 Å². The lowest BCUT2D eigenvalue weighted by Gasteiger charge is -2.08. The van der Waals surface area contributed by atoms with Crippen molar-refractivity contribution in [1.82, 2.24) is 9.97 Å². The van der Waals surface area contributed by atoms with Gasteiger partial charge in [-0.3, -0.25) is 0 Å². The van der Waals surface area contributed by atoms with E-state index in [4.69, 9.17) is 10.5 Å². The molecule has 0 bridgehead atoms. The van der Waals surface area contributed by atoms with Gasteiger partial charge in [0.1, 0.15) is 0 Å². The maximum absolute atomic E-state index is 13.7. The predicted octanol–water partition coefficient (Wildman–Crippen LogP) is 3.91. The molecule has 4 nitrogen and oxygen atoms in total. The zero-order valence-electron chi connectivity index (χ0n) is 10.2. The summed E-state index contributed by atoms with van der Waals surface area (Å²) < 4.78 is 19.8. The van der Waals surface area contributed by atoms with E-state index in [2.05, 4.69) is 25.9 Å². The lowest BCUT2D eigenvalue weighted by atomic mass is 10.3. The molecule has 0 atom stereocenters. The molecule has 3 aromatic rings. The SMILES string of the molecule is Nc1nc2ccccc2nc1Oc1ccc(Br)cc1F. The molecular formula is C14H9BrFN3O. The molecule has 2 N–H and O–H groups in total. The Kier molecular flexibility index (Phi) is 3.23. The summed E-state index contributed by atoms with van der Waals surface area (Å²) >= 11 is 3.18. The van der Waals surface area contributed by atoms with Crippen LogP contribution in [0.1, 0.15) is 0 Å². The Bertz CT molecular complexity index is 794. The van der Waals surface area contributed by atoms with Crippen molar-refractivity contribution in [3.8, 4) is 11.6 Å². The second-order valence-electron chi connectivity index (χ2n) is 4.08. The normalized spacial score (nSPS) is 10.7. The second kappa shape index (κ2) is 5.05. The molecule has 0 radical (unpaired) electrons. The van der Waals surface area contributed by atoms with Crippen molar-refractivity contribution in [1.29, 1.82) is 0 Å². The number of ether oxygens (including phenoxy) is 1. The highest BCUT2D eigenvalue weighted by Crippen LogP contribution is 2.29. The third-order valence-electron chi connectivity index (χ3n) is 2.66. The molecule has 100 valence electrons. The number of fused-ring (bicyclic) bond motifs is 1. The molecule has 0 spiro atoms.